The summed E-state index contributed by atoms with van der Waals surface area (Å²) in [6.07, 6.45) is 0.0577. The van der Waals surface area contributed by atoms with Gasteiger partial charge in [-0.3, -0.25) is 19.7 Å². The molecule has 2 amide bonds. The Hall–Kier alpha value is -2.48. The standard InChI is InChI=1S/C13H15ClN4O4/c1-3-15-12(19)6-8(2)16-17-13(20)10-5-4-9(18(21)22)7-11(10)14/h4-5,7H,3,6H2,1-2H3,(H,15,19)(H,17,20). The molecule has 0 aromatic heterocycles. The summed E-state index contributed by atoms with van der Waals surface area (Å²) >= 11 is 5.83. The van der Waals surface area contributed by atoms with Crippen LogP contribution in [-0.2, 0) is 4.79 Å². The van der Waals surface area contributed by atoms with Gasteiger partial charge in [0.1, 0.15) is 0 Å². The average Bonchev–Trinajstić information content (AvgIpc) is 2.44. The van der Waals surface area contributed by atoms with E-state index >= 15 is 0 Å². The Bertz CT molecular complexity index is 630. The number of nitro groups is 1. The summed E-state index contributed by atoms with van der Waals surface area (Å²) in [4.78, 5) is 33.2. The third-order valence-electron chi connectivity index (χ3n) is 2.55. The lowest BCUT2D eigenvalue weighted by Crippen LogP contribution is -2.26. The van der Waals surface area contributed by atoms with E-state index in [9.17, 15) is 19.7 Å². The second-order valence-corrected chi connectivity index (χ2v) is 4.75. The Morgan fingerprint density at radius 2 is 2.09 bits per heavy atom. The number of hydrogen-bond donors (Lipinski definition) is 2. The van der Waals surface area contributed by atoms with Crippen molar-refractivity contribution in [2.75, 3.05) is 6.54 Å². The number of non-ortho nitro benzene ring substituents is 1. The summed E-state index contributed by atoms with van der Waals surface area (Å²) in [5.74, 6) is -0.818. The minimum absolute atomic E-state index is 0.0525. The van der Waals surface area contributed by atoms with Gasteiger partial charge in [0.25, 0.3) is 11.6 Å². The van der Waals surface area contributed by atoms with Gasteiger partial charge in [-0.1, -0.05) is 11.6 Å². The molecule has 0 radical (unpaired) electrons. The predicted molar refractivity (Wildman–Crippen MR) is 82.0 cm³/mol. The SMILES string of the molecule is CCNC(=O)CC(C)=NNC(=O)c1ccc([N+](=O)[O-])cc1Cl. The lowest BCUT2D eigenvalue weighted by Gasteiger charge is -2.05. The van der Waals surface area contributed by atoms with Gasteiger partial charge in [0.05, 0.1) is 21.9 Å². The second-order valence-electron chi connectivity index (χ2n) is 4.34. The molecule has 0 saturated heterocycles. The van der Waals surface area contributed by atoms with E-state index in [-0.39, 0.29) is 28.6 Å². The number of hydrogen-bond acceptors (Lipinski definition) is 5. The predicted octanol–water partition coefficient (Wildman–Crippen LogP) is 1.88. The van der Waals surface area contributed by atoms with Crippen LogP contribution < -0.4 is 10.7 Å². The molecule has 0 atom stereocenters. The van der Waals surface area contributed by atoms with Gasteiger partial charge in [-0.15, -0.1) is 0 Å². The Morgan fingerprint density at radius 3 is 2.64 bits per heavy atom. The van der Waals surface area contributed by atoms with Gasteiger partial charge in [-0.05, 0) is 19.9 Å². The molecular formula is C13H15ClN4O4. The maximum atomic E-state index is 11.9. The quantitative estimate of drug-likeness (QED) is 0.472. The first-order valence-corrected chi connectivity index (χ1v) is 6.77. The molecule has 0 aliphatic heterocycles. The summed E-state index contributed by atoms with van der Waals surface area (Å²) in [5, 5.41) is 16.9. The highest BCUT2D eigenvalue weighted by Gasteiger charge is 2.14. The normalized spacial score (nSPS) is 11.0. The lowest BCUT2D eigenvalue weighted by molar-refractivity contribution is -0.384. The summed E-state index contributed by atoms with van der Waals surface area (Å²) in [7, 11) is 0. The Labute approximate surface area is 131 Å². The molecule has 1 aromatic rings. The fourth-order valence-electron chi connectivity index (χ4n) is 1.54. The Balaban J connectivity index is 2.73. The molecule has 1 rings (SSSR count). The van der Waals surface area contributed by atoms with Crippen molar-refractivity contribution < 1.29 is 14.5 Å². The van der Waals surface area contributed by atoms with Crippen LogP contribution in [0.15, 0.2) is 23.3 Å². The van der Waals surface area contributed by atoms with Gasteiger partial charge < -0.3 is 5.32 Å². The number of nitrogens with one attached hydrogen (secondary N) is 2. The van der Waals surface area contributed by atoms with Crippen LogP contribution in [0.4, 0.5) is 5.69 Å². The smallest absolute Gasteiger partial charge is 0.272 e. The number of nitrogens with zero attached hydrogens (tertiary/aromatic N) is 2. The summed E-state index contributed by atoms with van der Waals surface area (Å²) in [5.41, 5.74) is 2.51. The Kier molecular flexibility index (Phi) is 6.46. The minimum Gasteiger partial charge on any atom is -0.356 e. The molecule has 0 aliphatic rings. The molecule has 0 heterocycles. The largest absolute Gasteiger partial charge is 0.356 e. The van der Waals surface area contributed by atoms with Crippen molar-refractivity contribution in [3.8, 4) is 0 Å². The number of carbonyl (C=O) groups excluding carboxylic acids is 2. The van der Waals surface area contributed by atoms with Gasteiger partial charge in [-0.25, -0.2) is 5.43 Å². The topological polar surface area (TPSA) is 114 Å². The van der Waals surface area contributed by atoms with E-state index < -0.39 is 10.8 Å². The van der Waals surface area contributed by atoms with E-state index in [1.165, 1.54) is 12.1 Å². The van der Waals surface area contributed by atoms with Crippen LogP contribution in [0.3, 0.4) is 0 Å². The fourth-order valence-corrected chi connectivity index (χ4v) is 1.80. The first-order chi connectivity index (χ1) is 10.3. The zero-order valence-corrected chi connectivity index (χ0v) is 12.8. The Morgan fingerprint density at radius 1 is 1.41 bits per heavy atom. The number of hydrazone groups is 1. The van der Waals surface area contributed by atoms with Crippen molar-refractivity contribution in [2.45, 2.75) is 20.3 Å². The maximum Gasteiger partial charge on any atom is 0.272 e. The first kappa shape index (κ1) is 17.6. The highest BCUT2D eigenvalue weighted by Crippen LogP contribution is 2.22. The van der Waals surface area contributed by atoms with Crippen LogP contribution in [0.5, 0.6) is 0 Å². The van der Waals surface area contributed by atoms with Crippen molar-refractivity contribution >= 4 is 34.8 Å². The van der Waals surface area contributed by atoms with Gasteiger partial charge in [0, 0.05) is 24.4 Å². The second kappa shape index (κ2) is 8.08. The molecule has 2 N–H and O–H groups in total. The lowest BCUT2D eigenvalue weighted by atomic mass is 10.2. The van der Waals surface area contributed by atoms with Gasteiger partial charge in [0.2, 0.25) is 5.91 Å². The molecule has 9 heteroatoms. The van der Waals surface area contributed by atoms with E-state index in [2.05, 4.69) is 15.8 Å². The van der Waals surface area contributed by atoms with Gasteiger partial charge in [0.15, 0.2) is 0 Å². The molecular weight excluding hydrogens is 312 g/mol. The molecule has 8 nitrogen and oxygen atoms in total. The molecule has 0 spiro atoms. The van der Waals surface area contributed by atoms with Crippen LogP contribution in [-0.4, -0.2) is 29.0 Å². The average molecular weight is 327 g/mol. The van der Waals surface area contributed by atoms with Gasteiger partial charge >= 0.3 is 0 Å². The minimum atomic E-state index is -0.616. The van der Waals surface area contributed by atoms with Crippen LogP contribution in [0.2, 0.25) is 5.02 Å². The molecule has 0 saturated carbocycles. The third kappa shape index (κ3) is 5.13. The zero-order valence-electron chi connectivity index (χ0n) is 12.1. The van der Waals surface area contributed by atoms with Gasteiger partial charge in [-0.2, -0.15) is 5.10 Å². The van der Waals surface area contributed by atoms with Crippen molar-refractivity contribution in [1.82, 2.24) is 10.7 Å². The first-order valence-electron chi connectivity index (χ1n) is 6.39. The third-order valence-corrected chi connectivity index (χ3v) is 2.86. The van der Waals surface area contributed by atoms with E-state index in [1.54, 1.807) is 13.8 Å². The van der Waals surface area contributed by atoms with Crippen molar-refractivity contribution in [2.24, 2.45) is 5.10 Å². The van der Waals surface area contributed by atoms with E-state index in [4.69, 9.17) is 11.6 Å². The zero-order chi connectivity index (χ0) is 16.7. The number of rotatable bonds is 6. The number of amides is 2. The van der Waals surface area contributed by atoms with Crippen molar-refractivity contribution in [1.29, 1.82) is 0 Å². The molecule has 0 aliphatic carbocycles. The van der Waals surface area contributed by atoms with Crippen molar-refractivity contribution in [3.05, 3.63) is 38.9 Å². The summed E-state index contributed by atoms with van der Waals surface area (Å²) in [6, 6.07) is 3.50. The molecule has 22 heavy (non-hydrogen) atoms. The monoisotopic (exact) mass is 326 g/mol. The highest BCUT2D eigenvalue weighted by molar-refractivity contribution is 6.34. The maximum absolute atomic E-state index is 11.9. The van der Waals surface area contributed by atoms with E-state index in [1.807, 2.05) is 0 Å². The molecule has 0 unspecified atom stereocenters. The van der Waals surface area contributed by atoms with Crippen LogP contribution >= 0.6 is 11.6 Å². The summed E-state index contributed by atoms with van der Waals surface area (Å²) in [6.45, 7) is 3.90. The number of halogens is 1. The number of nitro benzene ring substituents is 1. The van der Waals surface area contributed by atoms with Crippen LogP contribution in [0.1, 0.15) is 30.6 Å². The van der Waals surface area contributed by atoms with E-state index in [0.717, 1.165) is 6.07 Å². The number of benzene rings is 1. The molecule has 118 valence electrons. The highest BCUT2D eigenvalue weighted by atomic mass is 35.5. The van der Waals surface area contributed by atoms with Crippen LogP contribution in [0.25, 0.3) is 0 Å². The molecule has 0 fully saturated rings. The van der Waals surface area contributed by atoms with Crippen LogP contribution in [0, 0.1) is 10.1 Å². The summed E-state index contributed by atoms with van der Waals surface area (Å²) < 4.78 is 0. The van der Waals surface area contributed by atoms with Crippen molar-refractivity contribution in [3.63, 3.8) is 0 Å². The molecule has 0 bridgehead atoms. The fraction of sp³-hybridized carbons (Fsp3) is 0.308. The number of carbonyl (C=O) groups is 2. The molecule has 1 aromatic carbocycles. The van der Waals surface area contributed by atoms with E-state index in [0.29, 0.717) is 12.3 Å².